The predicted molar refractivity (Wildman–Crippen MR) is 104 cm³/mol. The first-order valence-corrected chi connectivity index (χ1v) is 9.41. The summed E-state index contributed by atoms with van der Waals surface area (Å²) in [5.74, 6) is 0.791. The second-order valence-corrected chi connectivity index (χ2v) is 7.38. The molecule has 1 fully saturated rings. The lowest BCUT2D eigenvalue weighted by molar-refractivity contribution is -0.126. The van der Waals surface area contributed by atoms with Gasteiger partial charge < -0.3 is 4.42 Å². The van der Waals surface area contributed by atoms with Gasteiger partial charge in [-0.3, -0.25) is 20.4 Å². The summed E-state index contributed by atoms with van der Waals surface area (Å²) in [5, 5.41) is 0.715. The van der Waals surface area contributed by atoms with E-state index in [1.165, 1.54) is 0 Å². The van der Waals surface area contributed by atoms with Crippen LogP contribution in [0.15, 0.2) is 65.3 Å². The number of furan rings is 1. The highest BCUT2D eigenvalue weighted by Gasteiger charge is 2.39. The summed E-state index contributed by atoms with van der Waals surface area (Å²) in [7, 11) is 0. The van der Waals surface area contributed by atoms with Crippen molar-refractivity contribution in [1.29, 1.82) is 0 Å². The second kappa shape index (κ2) is 6.64. The van der Waals surface area contributed by atoms with E-state index in [1.807, 2.05) is 24.3 Å². The highest BCUT2D eigenvalue weighted by molar-refractivity contribution is 6.07. The molecular formula is C22H19N3O3. The molecule has 1 aromatic carbocycles. The third kappa shape index (κ3) is 2.87. The Hall–Kier alpha value is -3.41. The Bertz CT molecular complexity index is 1090. The Morgan fingerprint density at radius 1 is 1.04 bits per heavy atom. The number of aromatic nitrogens is 1. The smallest absolute Gasteiger partial charge is 0.270 e. The molecule has 0 aliphatic heterocycles. The van der Waals surface area contributed by atoms with Gasteiger partial charge in [-0.05, 0) is 48.9 Å². The fourth-order valence-electron chi connectivity index (χ4n) is 4.27. The quantitative estimate of drug-likeness (QED) is 0.544. The van der Waals surface area contributed by atoms with Crippen molar-refractivity contribution in [1.82, 2.24) is 15.8 Å². The van der Waals surface area contributed by atoms with E-state index >= 15 is 0 Å². The number of fused-ring (bicyclic) bond motifs is 3. The van der Waals surface area contributed by atoms with Crippen molar-refractivity contribution in [2.75, 3.05) is 0 Å². The average molecular weight is 373 g/mol. The third-order valence-corrected chi connectivity index (χ3v) is 5.65. The standard InChI is InChI=1S/C22H19N3O3/c26-21(16-11-13-7-8-14(16)10-13)24-25-22(27)17-12-19(20-6-3-9-28-20)23-18-5-2-1-4-15(17)18/h1-9,12-14,16H,10-11H2,(H,24,26)(H,25,27)/t13-,14+,16-/m1/s1. The normalized spacial score (nSPS) is 22.5. The van der Waals surface area contributed by atoms with Gasteiger partial charge in [-0.15, -0.1) is 0 Å². The van der Waals surface area contributed by atoms with Crippen LogP contribution in [0.25, 0.3) is 22.4 Å². The van der Waals surface area contributed by atoms with Crippen LogP contribution in [0.3, 0.4) is 0 Å². The molecule has 2 amide bonds. The van der Waals surface area contributed by atoms with Crippen molar-refractivity contribution in [2.45, 2.75) is 12.8 Å². The van der Waals surface area contributed by atoms with Crippen molar-refractivity contribution in [2.24, 2.45) is 17.8 Å². The number of amides is 2. The van der Waals surface area contributed by atoms with Crippen LogP contribution in [0, 0.1) is 17.8 Å². The van der Waals surface area contributed by atoms with Gasteiger partial charge >= 0.3 is 0 Å². The number of benzene rings is 1. The SMILES string of the molecule is O=C(NNC(=O)[C@@H]1C[C@@H]2C=C[C@H]1C2)c1cc(-c2ccco2)nc2ccccc12. The van der Waals surface area contributed by atoms with Crippen LogP contribution in [0.2, 0.25) is 0 Å². The molecule has 2 bridgehead atoms. The number of nitrogens with zero attached hydrogens (tertiary/aromatic N) is 1. The number of rotatable bonds is 3. The Kier molecular flexibility index (Phi) is 3.97. The summed E-state index contributed by atoms with van der Waals surface area (Å²) in [5.41, 5.74) is 6.88. The number of carbonyl (C=O) groups excluding carboxylic acids is 2. The Balaban J connectivity index is 1.39. The zero-order chi connectivity index (χ0) is 19.1. The number of hydrogen-bond acceptors (Lipinski definition) is 4. The van der Waals surface area contributed by atoms with E-state index in [-0.39, 0.29) is 23.7 Å². The topological polar surface area (TPSA) is 84.2 Å². The van der Waals surface area contributed by atoms with Crippen LogP contribution in [0.4, 0.5) is 0 Å². The molecule has 28 heavy (non-hydrogen) atoms. The maximum absolute atomic E-state index is 12.9. The van der Waals surface area contributed by atoms with Gasteiger partial charge in [0.2, 0.25) is 5.91 Å². The molecule has 2 aliphatic rings. The van der Waals surface area contributed by atoms with Crippen LogP contribution in [0.1, 0.15) is 23.2 Å². The van der Waals surface area contributed by atoms with Gasteiger partial charge in [0.05, 0.1) is 17.3 Å². The number of carbonyl (C=O) groups is 2. The molecule has 0 spiro atoms. The van der Waals surface area contributed by atoms with E-state index in [4.69, 9.17) is 4.42 Å². The lowest BCUT2D eigenvalue weighted by Gasteiger charge is -2.18. The molecule has 0 unspecified atom stereocenters. The summed E-state index contributed by atoms with van der Waals surface area (Å²) >= 11 is 0. The average Bonchev–Trinajstić information content (AvgIpc) is 3.49. The van der Waals surface area contributed by atoms with Crippen molar-refractivity contribution in [3.63, 3.8) is 0 Å². The van der Waals surface area contributed by atoms with Gasteiger partial charge in [-0.1, -0.05) is 30.4 Å². The number of allylic oxidation sites excluding steroid dienone is 2. The number of para-hydroxylation sites is 1. The van der Waals surface area contributed by atoms with E-state index < -0.39 is 0 Å². The first-order valence-electron chi connectivity index (χ1n) is 9.41. The van der Waals surface area contributed by atoms with E-state index in [2.05, 4.69) is 28.0 Å². The summed E-state index contributed by atoms with van der Waals surface area (Å²) in [4.78, 5) is 29.9. The minimum Gasteiger partial charge on any atom is -0.463 e. The number of nitrogens with one attached hydrogen (secondary N) is 2. The van der Waals surface area contributed by atoms with Gasteiger partial charge in [-0.25, -0.2) is 4.98 Å². The summed E-state index contributed by atoms with van der Waals surface area (Å²) in [6, 6.07) is 12.7. The van der Waals surface area contributed by atoms with Gasteiger partial charge in [0, 0.05) is 11.3 Å². The molecule has 2 N–H and O–H groups in total. The molecule has 2 aliphatic carbocycles. The molecule has 2 aromatic heterocycles. The Labute approximate surface area is 161 Å². The Morgan fingerprint density at radius 3 is 2.68 bits per heavy atom. The first kappa shape index (κ1) is 16.7. The molecule has 5 rings (SSSR count). The lowest BCUT2D eigenvalue weighted by atomic mass is 9.93. The monoisotopic (exact) mass is 373 g/mol. The maximum atomic E-state index is 12.9. The largest absolute Gasteiger partial charge is 0.463 e. The van der Waals surface area contributed by atoms with Gasteiger partial charge in [0.25, 0.3) is 5.91 Å². The molecule has 1 saturated carbocycles. The fraction of sp³-hybridized carbons (Fsp3) is 0.227. The molecule has 0 radical (unpaired) electrons. The second-order valence-electron chi connectivity index (χ2n) is 7.38. The Morgan fingerprint density at radius 2 is 1.93 bits per heavy atom. The van der Waals surface area contributed by atoms with E-state index in [1.54, 1.807) is 24.5 Å². The predicted octanol–water partition coefficient (Wildman–Crippen LogP) is 3.47. The highest BCUT2D eigenvalue weighted by Crippen LogP contribution is 2.43. The molecule has 140 valence electrons. The minimum atomic E-state index is -0.376. The van der Waals surface area contributed by atoms with Gasteiger partial charge in [0.15, 0.2) is 5.76 Å². The van der Waals surface area contributed by atoms with E-state index in [0.717, 1.165) is 12.8 Å². The van der Waals surface area contributed by atoms with Crippen molar-refractivity contribution >= 4 is 22.7 Å². The summed E-state index contributed by atoms with van der Waals surface area (Å²) in [6.45, 7) is 0. The molecule has 2 heterocycles. The van der Waals surface area contributed by atoms with Crippen molar-refractivity contribution in [3.8, 4) is 11.5 Å². The van der Waals surface area contributed by atoms with Crippen LogP contribution in [-0.2, 0) is 4.79 Å². The maximum Gasteiger partial charge on any atom is 0.270 e. The molecule has 3 aromatic rings. The highest BCUT2D eigenvalue weighted by atomic mass is 16.3. The van der Waals surface area contributed by atoms with Gasteiger partial charge in [-0.2, -0.15) is 0 Å². The zero-order valence-electron chi connectivity index (χ0n) is 15.1. The van der Waals surface area contributed by atoms with Crippen molar-refractivity contribution < 1.29 is 14.0 Å². The fourth-order valence-corrected chi connectivity index (χ4v) is 4.27. The van der Waals surface area contributed by atoms with E-state index in [9.17, 15) is 9.59 Å². The minimum absolute atomic E-state index is 0.0665. The number of pyridine rings is 1. The molecule has 6 heteroatoms. The van der Waals surface area contributed by atoms with Gasteiger partial charge in [0.1, 0.15) is 5.69 Å². The number of hydrazine groups is 1. The zero-order valence-corrected chi connectivity index (χ0v) is 15.1. The molecule has 0 saturated heterocycles. The first-order chi connectivity index (χ1) is 13.7. The van der Waals surface area contributed by atoms with Crippen LogP contribution in [0.5, 0.6) is 0 Å². The van der Waals surface area contributed by atoms with E-state index in [0.29, 0.717) is 33.8 Å². The third-order valence-electron chi connectivity index (χ3n) is 5.65. The molecule has 6 nitrogen and oxygen atoms in total. The molecular weight excluding hydrogens is 354 g/mol. The number of hydrogen-bond donors (Lipinski definition) is 2. The van der Waals surface area contributed by atoms with Crippen LogP contribution >= 0.6 is 0 Å². The van der Waals surface area contributed by atoms with Crippen LogP contribution < -0.4 is 10.9 Å². The molecule has 3 atom stereocenters. The summed E-state index contributed by atoms with van der Waals surface area (Å²) < 4.78 is 5.43. The van der Waals surface area contributed by atoms with Crippen molar-refractivity contribution in [3.05, 3.63) is 66.4 Å². The summed E-state index contributed by atoms with van der Waals surface area (Å²) in [6.07, 6.45) is 7.76. The lowest BCUT2D eigenvalue weighted by Crippen LogP contribution is -2.45. The van der Waals surface area contributed by atoms with Crippen LogP contribution in [-0.4, -0.2) is 16.8 Å².